The van der Waals surface area contributed by atoms with Crippen LogP contribution in [0, 0.1) is 10.1 Å². The SMILES string of the molecule is CC1Cc2cc3c(cc2C(c2ccc([N+](=O)[O-])cc2)=NN1c1nccs1)OCO3. The Morgan fingerprint density at radius 2 is 1.97 bits per heavy atom. The van der Waals surface area contributed by atoms with Crippen LogP contribution in [0.2, 0.25) is 0 Å². The molecule has 0 aliphatic carbocycles. The third-order valence-electron chi connectivity index (χ3n) is 4.96. The molecule has 0 radical (unpaired) electrons. The van der Waals surface area contributed by atoms with Crippen molar-refractivity contribution in [3.05, 3.63) is 74.8 Å². The van der Waals surface area contributed by atoms with Crippen molar-refractivity contribution < 1.29 is 14.4 Å². The Hall–Kier alpha value is -3.46. The molecule has 0 amide bonds. The van der Waals surface area contributed by atoms with Crippen LogP contribution in [0.15, 0.2) is 53.1 Å². The number of fused-ring (bicyclic) bond motifs is 2. The second kappa shape index (κ2) is 6.85. The van der Waals surface area contributed by atoms with E-state index in [9.17, 15) is 10.1 Å². The van der Waals surface area contributed by atoms with Gasteiger partial charge in [-0.25, -0.2) is 9.99 Å². The zero-order chi connectivity index (χ0) is 20.0. The molecule has 3 aromatic rings. The number of rotatable bonds is 3. The summed E-state index contributed by atoms with van der Waals surface area (Å²) < 4.78 is 11.1. The fraction of sp³-hybridized carbons (Fsp3) is 0.200. The van der Waals surface area contributed by atoms with Gasteiger partial charge in [0.05, 0.1) is 16.7 Å². The van der Waals surface area contributed by atoms with Gasteiger partial charge in [-0.05, 0) is 43.2 Å². The average molecular weight is 408 g/mol. The van der Waals surface area contributed by atoms with Gasteiger partial charge in [0.15, 0.2) is 11.5 Å². The minimum atomic E-state index is -0.408. The second-order valence-electron chi connectivity index (χ2n) is 6.83. The minimum Gasteiger partial charge on any atom is -0.454 e. The summed E-state index contributed by atoms with van der Waals surface area (Å²) in [5.74, 6) is 1.40. The van der Waals surface area contributed by atoms with E-state index in [0.29, 0.717) is 11.5 Å². The first-order chi connectivity index (χ1) is 14.1. The van der Waals surface area contributed by atoms with Gasteiger partial charge >= 0.3 is 0 Å². The number of aromatic nitrogens is 1. The molecule has 5 rings (SSSR count). The third-order valence-corrected chi connectivity index (χ3v) is 5.72. The maximum atomic E-state index is 11.1. The van der Waals surface area contributed by atoms with E-state index in [2.05, 4.69) is 11.9 Å². The van der Waals surface area contributed by atoms with Crippen molar-refractivity contribution in [2.75, 3.05) is 11.8 Å². The van der Waals surface area contributed by atoms with Crippen molar-refractivity contribution in [1.82, 2.24) is 4.98 Å². The van der Waals surface area contributed by atoms with Crippen LogP contribution in [-0.2, 0) is 6.42 Å². The number of benzene rings is 2. The van der Waals surface area contributed by atoms with Crippen LogP contribution in [0.25, 0.3) is 0 Å². The Morgan fingerprint density at radius 3 is 2.66 bits per heavy atom. The quantitative estimate of drug-likeness (QED) is 0.481. The Balaban J connectivity index is 1.69. The van der Waals surface area contributed by atoms with Crippen LogP contribution in [0.1, 0.15) is 23.6 Å². The van der Waals surface area contributed by atoms with Gasteiger partial charge in [-0.2, -0.15) is 5.10 Å². The summed E-state index contributed by atoms with van der Waals surface area (Å²) in [6.45, 7) is 2.29. The lowest BCUT2D eigenvalue weighted by Crippen LogP contribution is -2.29. The monoisotopic (exact) mass is 408 g/mol. The zero-order valence-electron chi connectivity index (χ0n) is 15.4. The summed E-state index contributed by atoms with van der Waals surface area (Å²) >= 11 is 1.52. The number of hydrogen-bond acceptors (Lipinski definition) is 8. The molecular weight excluding hydrogens is 392 g/mol. The Kier molecular flexibility index (Phi) is 4.17. The number of ether oxygens (including phenoxy) is 2. The fourth-order valence-corrected chi connectivity index (χ4v) is 4.25. The van der Waals surface area contributed by atoms with Crippen LogP contribution in [0.3, 0.4) is 0 Å². The molecule has 29 heavy (non-hydrogen) atoms. The molecule has 0 bridgehead atoms. The predicted molar refractivity (Wildman–Crippen MR) is 109 cm³/mol. The van der Waals surface area contributed by atoms with E-state index in [4.69, 9.17) is 14.6 Å². The summed E-state index contributed by atoms with van der Waals surface area (Å²) in [5.41, 5.74) is 3.55. The molecule has 1 unspecified atom stereocenters. The fourth-order valence-electron chi connectivity index (χ4n) is 3.55. The van der Waals surface area contributed by atoms with Crippen LogP contribution >= 0.6 is 11.3 Å². The van der Waals surface area contributed by atoms with Crippen LogP contribution in [0.4, 0.5) is 10.8 Å². The summed E-state index contributed by atoms with van der Waals surface area (Å²) in [4.78, 5) is 15.1. The molecule has 1 aromatic heterocycles. The highest BCUT2D eigenvalue weighted by Gasteiger charge is 2.28. The molecule has 2 aliphatic heterocycles. The normalized spacial score (nSPS) is 17.5. The molecule has 1 atom stereocenters. The standard InChI is InChI=1S/C20H16N4O4S/c1-12-8-14-9-17-18(28-11-27-17)10-16(14)19(22-23(12)20-21-6-7-29-20)13-2-4-15(5-3-13)24(25)26/h2-7,9-10,12H,8,11H2,1H3. The molecule has 2 aliphatic rings. The number of nitro groups is 1. The van der Waals surface area contributed by atoms with E-state index in [1.807, 2.05) is 22.5 Å². The van der Waals surface area contributed by atoms with Crippen LogP contribution in [-0.4, -0.2) is 28.5 Å². The van der Waals surface area contributed by atoms with Gasteiger partial charge in [-0.1, -0.05) is 0 Å². The summed E-state index contributed by atoms with van der Waals surface area (Å²) in [6, 6.07) is 10.4. The van der Waals surface area contributed by atoms with Crippen molar-refractivity contribution in [3.63, 3.8) is 0 Å². The van der Waals surface area contributed by atoms with Gasteiger partial charge in [0.1, 0.15) is 0 Å². The van der Waals surface area contributed by atoms with E-state index in [1.165, 1.54) is 23.5 Å². The number of nitrogens with zero attached hydrogens (tertiary/aromatic N) is 4. The second-order valence-corrected chi connectivity index (χ2v) is 7.70. The summed E-state index contributed by atoms with van der Waals surface area (Å²) in [5, 5.41) is 20.6. The third kappa shape index (κ3) is 3.09. The van der Waals surface area contributed by atoms with Gasteiger partial charge < -0.3 is 9.47 Å². The van der Waals surface area contributed by atoms with Crippen LogP contribution in [0.5, 0.6) is 11.5 Å². The Labute approximate surface area is 170 Å². The lowest BCUT2D eigenvalue weighted by molar-refractivity contribution is -0.384. The van der Waals surface area contributed by atoms with E-state index < -0.39 is 4.92 Å². The average Bonchev–Trinajstić information content (AvgIpc) is 3.38. The molecule has 0 saturated heterocycles. The topological polar surface area (TPSA) is 90.1 Å². The number of anilines is 1. The molecule has 3 heterocycles. The maximum Gasteiger partial charge on any atom is 0.269 e. The molecule has 2 aromatic carbocycles. The van der Waals surface area contributed by atoms with Gasteiger partial charge in [-0.15, -0.1) is 11.3 Å². The number of thiazole rings is 1. The van der Waals surface area contributed by atoms with Gasteiger partial charge in [0, 0.05) is 34.8 Å². The Bertz CT molecular complexity index is 1110. The first-order valence-corrected chi connectivity index (χ1v) is 9.93. The van der Waals surface area contributed by atoms with E-state index >= 15 is 0 Å². The number of hydrogen-bond donors (Lipinski definition) is 0. The zero-order valence-corrected chi connectivity index (χ0v) is 16.3. The number of hydrazone groups is 1. The smallest absolute Gasteiger partial charge is 0.269 e. The Morgan fingerprint density at radius 1 is 1.21 bits per heavy atom. The van der Waals surface area contributed by atoms with Crippen molar-refractivity contribution >= 4 is 27.9 Å². The maximum absolute atomic E-state index is 11.1. The number of nitro benzene ring substituents is 1. The van der Waals surface area contributed by atoms with E-state index in [-0.39, 0.29) is 18.5 Å². The molecular formula is C20H16N4O4S. The highest BCUT2D eigenvalue weighted by Crippen LogP contribution is 2.38. The van der Waals surface area contributed by atoms with Gasteiger partial charge in [0.25, 0.3) is 5.69 Å². The van der Waals surface area contributed by atoms with E-state index in [0.717, 1.165) is 34.0 Å². The lowest BCUT2D eigenvalue weighted by atomic mass is 9.94. The first kappa shape index (κ1) is 17.6. The first-order valence-electron chi connectivity index (χ1n) is 9.05. The summed E-state index contributed by atoms with van der Waals surface area (Å²) in [7, 11) is 0. The number of non-ortho nitro benzene ring substituents is 1. The van der Waals surface area contributed by atoms with Crippen molar-refractivity contribution in [2.24, 2.45) is 5.10 Å². The van der Waals surface area contributed by atoms with Gasteiger partial charge in [0.2, 0.25) is 11.9 Å². The largest absolute Gasteiger partial charge is 0.454 e. The van der Waals surface area contributed by atoms with Crippen molar-refractivity contribution in [2.45, 2.75) is 19.4 Å². The molecule has 0 fully saturated rings. The molecule has 146 valence electrons. The minimum absolute atomic E-state index is 0.0408. The summed E-state index contributed by atoms with van der Waals surface area (Å²) in [6.07, 6.45) is 2.49. The molecule has 0 spiro atoms. The lowest BCUT2D eigenvalue weighted by Gasteiger charge is -2.22. The van der Waals surface area contributed by atoms with Gasteiger partial charge in [-0.3, -0.25) is 10.1 Å². The van der Waals surface area contributed by atoms with Crippen molar-refractivity contribution in [1.29, 1.82) is 0 Å². The van der Waals surface area contributed by atoms with Crippen LogP contribution < -0.4 is 14.5 Å². The van der Waals surface area contributed by atoms with Crippen molar-refractivity contribution in [3.8, 4) is 11.5 Å². The highest BCUT2D eigenvalue weighted by atomic mass is 32.1. The molecule has 0 N–H and O–H groups in total. The molecule has 0 saturated carbocycles. The predicted octanol–water partition coefficient (Wildman–Crippen LogP) is 3.98. The van der Waals surface area contributed by atoms with E-state index in [1.54, 1.807) is 18.3 Å². The highest BCUT2D eigenvalue weighted by molar-refractivity contribution is 7.13. The molecule has 9 heteroatoms. The molecule has 8 nitrogen and oxygen atoms in total.